The van der Waals surface area contributed by atoms with E-state index in [1.807, 2.05) is 19.0 Å². The quantitative estimate of drug-likeness (QED) is 0.480. The first-order valence-corrected chi connectivity index (χ1v) is 7.63. The van der Waals surface area contributed by atoms with Crippen molar-refractivity contribution in [2.24, 2.45) is 5.16 Å². The Morgan fingerprint density at radius 3 is 2.54 bits per heavy atom. The minimum atomic E-state index is -0.359. The van der Waals surface area contributed by atoms with Crippen molar-refractivity contribution >= 4 is 11.8 Å². The van der Waals surface area contributed by atoms with Crippen LogP contribution in [0.25, 0.3) is 6.08 Å². The number of likely N-dealkylation sites (N-methyl/N-ethyl adjacent to an activating group) is 1. The van der Waals surface area contributed by atoms with Crippen LogP contribution in [0.5, 0.6) is 5.75 Å². The molecule has 0 saturated carbocycles. The first kappa shape index (κ1) is 17.7. The maximum Gasteiger partial charge on any atom is 0.132 e. The molecular weight excluding hydrogens is 307 g/mol. The van der Waals surface area contributed by atoms with Crippen molar-refractivity contribution in [1.82, 2.24) is 4.90 Å². The van der Waals surface area contributed by atoms with Crippen molar-refractivity contribution in [1.29, 1.82) is 0 Å². The number of allylic oxidation sites excluding steroid dienone is 1. The van der Waals surface area contributed by atoms with E-state index < -0.39 is 0 Å². The predicted octanol–water partition coefficient (Wildman–Crippen LogP) is 3.53. The van der Waals surface area contributed by atoms with Gasteiger partial charge in [0.2, 0.25) is 0 Å². The van der Waals surface area contributed by atoms with Crippen LogP contribution in [0.15, 0.2) is 59.8 Å². The Morgan fingerprint density at radius 2 is 1.88 bits per heavy atom. The SMILES string of the molecule is CN(C)CCO/N=C(/C=C/c1ccc(O)cc1)c1ccccc1F. The third-order valence-electron chi connectivity index (χ3n) is 3.27. The fourth-order valence-electron chi connectivity index (χ4n) is 1.94. The number of hydrogen-bond donors (Lipinski definition) is 1. The molecular formula is C19H21FN2O2. The highest BCUT2D eigenvalue weighted by Gasteiger charge is 2.07. The van der Waals surface area contributed by atoms with Crippen LogP contribution >= 0.6 is 0 Å². The summed E-state index contributed by atoms with van der Waals surface area (Å²) in [4.78, 5) is 7.29. The van der Waals surface area contributed by atoms with Crippen LogP contribution in [0.3, 0.4) is 0 Å². The number of oxime groups is 1. The van der Waals surface area contributed by atoms with Crippen LogP contribution in [-0.4, -0.2) is 43.0 Å². The maximum atomic E-state index is 14.0. The van der Waals surface area contributed by atoms with Crippen LogP contribution in [-0.2, 0) is 4.84 Å². The zero-order valence-electron chi connectivity index (χ0n) is 13.8. The normalized spacial score (nSPS) is 12.1. The molecule has 0 atom stereocenters. The van der Waals surface area contributed by atoms with E-state index in [0.29, 0.717) is 17.9 Å². The second-order valence-corrected chi connectivity index (χ2v) is 5.52. The summed E-state index contributed by atoms with van der Waals surface area (Å²) in [7, 11) is 3.88. The Kier molecular flexibility index (Phi) is 6.51. The third kappa shape index (κ3) is 5.52. The lowest BCUT2D eigenvalue weighted by molar-refractivity contribution is 0.126. The van der Waals surface area contributed by atoms with Gasteiger partial charge in [-0.25, -0.2) is 4.39 Å². The van der Waals surface area contributed by atoms with E-state index in [1.165, 1.54) is 6.07 Å². The summed E-state index contributed by atoms with van der Waals surface area (Å²) in [6.07, 6.45) is 3.49. The van der Waals surface area contributed by atoms with Gasteiger partial charge in [-0.05, 0) is 50.0 Å². The molecule has 2 aromatic rings. The van der Waals surface area contributed by atoms with E-state index in [2.05, 4.69) is 5.16 Å². The standard InChI is InChI=1S/C19H21FN2O2/c1-22(2)13-14-24-21-19(17-5-3-4-6-18(17)20)12-9-15-7-10-16(23)11-8-15/h3-12,23H,13-14H2,1-2H3/b12-9+,21-19-. The lowest BCUT2D eigenvalue weighted by atomic mass is 10.1. The van der Waals surface area contributed by atoms with Gasteiger partial charge in [-0.2, -0.15) is 0 Å². The van der Waals surface area contributed by atoms with Crippen LogP contribution < -0.4 is 0 Å². The van der Waals surface area contributed by atoms with E-state index in [9.17, 15) is 9.50 Å². The van der Waals surface area contributed by atoms with Crippen LogP contribution in [0, 0.1) is 5.82 Å². The number of hydrogen-bond acceptors (Lipinski definition) is 4. The van der Waals surface area contributed by atoms with Gasteiger partial charge >= 0.3 is 0 Å². The molecule has 2 aromatic carbocycles. The first-order valence-electron chi connectivity index (χ1n) is 7.63. The molecule has 0 aliphatic carbocycles. The fraction of sp³-hybridized carbons (Fsp3) is 0.211. The van der Waals surface area contributed by atoms with E-state index in [1.54, 1.807) is 54.6 Å². The maximum absolute atomic E-state index is 14.0. The fourth-order valence-corrected chi connectivity index (χ4v) is 1.94. The molecule has 4 nitrogen and oxygen atoms in total. The lowest BCUT2D eigenvalue weighted by Crippen LogP contribution is -2.17. The second kappa shape index (κ2) is 8.84. The van der Waals surface area contributed by atoms with Gasteiger partial charge in [-0.3, -0.25) is 0 Å². The molecule has 5 heteroatoms. The Hall–Kier alpha value is -2.66. The number of rotatable bonds is 7. The second-order valence-electron chi connectivity index (χ2n) is 5.52. The van der Waals surface area contributed by atoms with Gasteiger partial charge in [0.25, 0.3) is 0 Å². The molecule has 0 spiro atoms. The van der Waals surface area contributed by atoms with Gasteiger partial charge in [0, 0.05) is 12.1 Å². The summed E-state index contributed by atoms with van der Waals surface area (Å²) in [5.41, 5.74) is 1.64. The monoisotopic (exact) mass is 328 g/mol. The molecule has 0 saturated heterocycles. The molecule has 0 heterocycles. The topological polar surface area (TPSA) is 45.1 Å². The summed E-state index contributed by atoms with van der Waals surface area (Å²) < 4.78 is 14.0. The van der Waals surface area contributed by atoms with Gasteiger partial charge in [-0.15, -0.1) is 0 Å². The summed E-state index contributed by atoms with van der Waals surface area (Å²) >= 11 is 0. The summed E-state index contributed by atoms with van der Waals surface area (Å²) in [6.45, 7) is 1.13. The molecule has 0 bridgehead atoms. The highest BCUT2D eigenvalue weighted by atomic mass is 19.1. The Bertz CT molecular complexity index is 710. The van der Waals surface area contributed by atoms with Crippen molar-refractivity contribution in [2.45, 2.75) is 0 Å². The number of halogens is 1. The van der Waals surface area contributed by atoms with Gasteiger partial charge in [-0.1, -0.05) is 35.5 Å². The molecule has 0 aliphatic rings. The molecule has 0 radical (unpaired) electrons. The van der Waals surface area contributed by atoms with E-state index in [0.717, 1.165) is 12.1 Å². The van der Waals surface area contributed by atoms with Gasteiger partial charge in [0.15, 0.2) is 0 Å². The van der Waals surface area contributed by atoms with Gasteiger partial charge in [0.1, 0.15) is 23.9 Å². The Balaban J connectivity index is 2.20. The van der Waals surface area contributed by atoms with Crippen LogP contribution in [0.2, 0.25) is 0 Å². The van der Waals surface area contributed by atoms with Crippen molar-refractivity contribution in [3.05, 3.63) is 71.6 Å². The smallest absolute Gasteiger partial charge is 0.132 e. The van der Waals surface area contributed by atoms with Crippen molar-refractivity contribution in [3.8, 4) is 5.75 Å². The zero-order valence-corrected chi connectivity index (χ0v) is 13.8. The van der Waals surface area contributed by atoms with Crippen LogP contribution in [0.4, 0.5) is 4.39 Å². The largest absolute Gasteiger partial charge is 0.508 e. The minimum absolute atomic E-state index is 0.196. The van der Waals surface area contributed by atoms with Crippen molar-refractivity contribution in [2.75, 3.05) is 27.2 Å². The lowest BCUT2D eigenvalue weighted by Gasteiger charge is -2.08. The van der Waals surface area contributed by atoms with E-state index in [-0.39, 0.29) is 11.6 Å². The third-order valence-corrected chi connectivity index (χ3v) is 3.27. The minimum Gasteiger partial charge on any atom is -0.508 e. The van der Waals surface area contributed by atoms with E-state index >= 15 is 0 Å². The Morgan fingerprint density at radius 1 is 1.17 bits per heavy atom. The number of phenolic OH excluding ortho intramolecular Hbond substituents is 1. The summed E-state index contributed by atoms with van der Waals surface area (Å²) in [5.74, 6) is -0.162. The first-order chi connectivity index (χ1) is 11.6. The number of benzene rings is 2. The number of phenols is 1. The highest BCUT2D eigenvalue weighted by molar-refractivity contribution is 6.10. The Labute approximate surface area is 141 Å². The molecule has 0 aliphatic heterocycles. The average molecular weight is 328 g/mol. The van der Waals surface area contributed by atoms with Crippen molar-refractivity contribution in [3.63, 3.8) is 0 Å². The number of aromatic hydroxyl groups is 1. The molecule has 0 aromatic heterocycles. The van der Waals surface area contributed by atoms with Gasteiger partial charge in [0.05, 0.1) is 0 Å². The molecule has 126 valence electrons. The molecule has 0 unspecified atom stereocenters. The molecule has 0 fully saturated rings. The predicted molar refractivity (Wildman–Crippen MR) is 94.6 cm³/mol. The van der Waals surface area contributed by atoms with Crippen LogP contribution in [0.1, 0.15) is 11.1 Å². The van der Waals surface area contributed by atoms with Crippen molar-refractivity contribution < 1.29 is 14.3 Å². The molecule has 0 amide bonds. The molecule has 2 rings (SSSR count). The summed E-state index contributed by atoms with van der Waals surface area (Å²) in [5, 5.41) is 13.4. The highest BCUT2D eigenvalue weighted by Crippen LogP contribution is 2.13. The van der Waals surface area contributed by atoms with Gasteiger partial charge < -0.3 is 14.8 Å². The zero-order chi connectivity index (χ0) is 17.4. The number of nitrogens with zero attached hydrogens (tertiary/aromatic N) is 2. The summed E-state index contributed by atoms with van der Waals surface area (Å²) in [6, 6.07) is 13.1. The average Bonchev–Trinajstić information content (AvgIpc) is 2.56. The molecule has 24 heavy (non-hydrogen) atoms. The van der Waals surface area contributed by atoms with E-state index in [4.69, 9.17) is 4.84 Å². The molecule has 1 N–H and O–H groups in total.